The summed E-state index contributed by atoms with van der Waals surface area (Å²) in [5, 5.41) is 3.53. The zero-order valence-electron chi connectivity index (χ0n) is 18.4. The van der Waals surface area contributed by atoms with Crippen molar-refractivity contribution in [1.29, 1.82) is 0 Å². The first-order chi connectivity index (χ1) is 16.2. The smallest absolute Gasteiger partial charge is 0.262 e. The van der Waals surface area contributed by atoms with Gasteiger partial charge in [0.25, 0.3) is 5.56 Å². The molecule has 0 fully saturated rings. The molecule has 5 rings (SSSR count). The van der Waals surface area contributed by atoms with Gasteiger partial charge in [-0.15, -0.1) is 0 Å². The zero-order valence-corrected chi connectivity index (χ0v) is 19.2. The number of hydrogen-bond donors (Lipinski definition) is 0. The highest BCUT2D eigenvalue weighted by atomic mass is 32.2. The Labute approximate surface area is 196 Å². The highest BCUT2D eigenvalue weighted by Crippen LogP contribution is 2.26. The van der Waals surface area contributed by atoms with Crippen LogP contribution in [0.3, 0.4) is 0 Å². The van der Waals surface area contributed by atoms with Gasteiger partial charge < -0.3 is 4.74 Å². The van der Waals surface area contributed by atoms with Crippen molar-refractivity contribution in [2.24, 2.45) is 0 Å². The third kappa shape index (κ3) is 4.64. The zero-order chi connectivity index (χ0) is 22.6. The van der Waals surface area contributed by atoms with Crippen molar-refractivity contribution in [3.8, 4) is 5.75 Å². The van der Waals surface area contributed by atoms with Gasteiger partial charge in [-0.25, -0.2) is 4.98 Å². The van der Waals surface area contributed by atoms with Gasteiger partial charge in [0, 0.05) is 12.3 Å². The van der Waals surface area contributed by atoms with E-state index in [1.807, 2.05) is 71.3 Å². The molecule has 0 aliphatic heterocycles. The Kier molecular flexibility index (Phi) is 6.13. The number of aryl methyl sites for hydroxylation is 1. The van der Waals surface area contributed by atoms with E-state index in [1.165, 1.54) is 5.56 Å². The fraction of sp³-hybridized carbons (Fsp3) is 0.143. The lowest BCUT2D eigenvalue weighted by Crippen LogP contribution is -2.24. The number of fused-ring (bicyclic) bond motifs is 2. The Hall–Kier alpha value is -3.57. The summed E-state index contributed by atoms with van der Waals surface area (Å²) in [6, 6.07) is 30.3. The SMILES string of the molecule is COc1cccc(CSc2nc3cc4ccccc4cc3c(=O)n2CCc2ccccc2)c1. The number of benzene rings is 4. The maximum atomic E-state index is 13.6. The maximum Gasteiger partial charge on any atom is 0.262 e. The molecular weight excluding hydrogens is 428 g/mol. The second kappa shape index (κ2) is 9.51. The molecule has 1 aromatic heterocycles. The predicted octanol–water partition coefficient (Wildman–Crippen LogP) is 6.09. The minimum Gasteiger partial charge on any atom is -0.497 e. The van der Waals surface area contributed by atoms with Crippen molar-refractivity contribution in [2.75, 3.05) is 7.11 Å². The van der Waals surface area contributed by atoms with Gasteiger partial charge in [0.15, 0.2) is 5.16 Å². The Morgan fingerprint density at radius 1 is 0.848 bits per heavy atom. The summed E-state index contributed by atoms with van der Waals surface area (Å²) >= 11 is 1.59. The van der Waals surface area contributed by atoms with Crippen molar-refractivity contribution in [2.45, 2.75) is 23.9 Å². The molecule has 0 saturated carbocycles. The molecular formula is C28H24N2O2S. The van der Waals surface area contributed by atoms with Gasteiger partial charge in [-0.05, 0) is 52.6 Å². The summed E-state index contributed by atoms with van der Waals surface area (Å²) in [5.74, 6) is 1.53. The molecule has 4 nitrogen and oxygen atoms in total. The van der Waals surface area contributed by atoms with Crippen LogP contribution in [0, 0.1) is 0 Å². The largest absolute Gasteiger partial charge is 0.497 e. The molecule has 0 unspecified atom stereocenters. The van der Waals surface area contributed by atoms with Crippen LogP contribution in [-0.2, 0) is 18.7 Å². The van der Waals surface area contributed by atoms with Gasteiger partial charge in [0.2, 0.25) is 0 Å². The Morgan fingerprint density at radius 3 is 2.36 bits per heavy atom. The highest BCUT2D eigenvalue weighted by molar-refractivity contribution is 7.98. The fourth-order valence-electron chi connectivity index (χ4n) is 3.99. The quantitative estimate of drug-likeness (QED) is 0.170. The molecule has 5 aromatic rings. The minimum absolute atomic E-state index is 0.00910. The van der Waals surface area contributed by atoms with E-state index in [4.69, 9.17) is 9.72 Å². The molecule has 0 radical (unpaired) electrons. The molecule has 0 spiro atoms. The second-order valence-electron chi connectivity index (χ2n) is 7.94. The third-order valence-corrected chi connectivity index (χ3v) is 6.80. The van der Waals surface area contributed by atoms with Gasteiger partial charge in [-0.3, -0.25) is 9.36 Å². The topological polar surface area (TPSA) is 44.1 Å². The van der Waals surface area contributed by atoms with Crippen molar-refractivity contribution in [1.82, 2.24) is 9.55 Å². The summed E-state index contributed by atoms with van der Waals surface area (Å²) < 4.78 is 7.18. The molecule has 0 bridgehead atoms. The van der Waals surface area contributed by atoms with Gasteiger partial charge in [-0.2, -0.15) is 0 Å². The summed E-state index contributed by atoms with van der Waals surface area (Å²) in [6.07, 6.45) is 0.772. The van der Waals surface area contributed by atoms with Crippen LogP contribution in [0.15, 0.2) is 101 Å². The van der Waals surface area contributed by atoms with E-state index >= 15 is 0 Å². The molecule has 33 heavy (non-hydrogen) atoms. The summed E-state index contributed by atoms with van der Waals surface area (Å²) in [4.78, 5) is 18.6. The molecule has 4 aromatic carbocycles. The van der Waals surface area contributed by atoms with E-state index < -0.39 is 0 Å². The first-order valence-corrected chi connectivity index (χ1v) is 11.9. The van der Waals surface area contributed by atoms with Crippen molar-refractivity contribution >= 4 is 33.4 Å². The third-order valence-electron chi connectivity index (χ3n) is 5.76. The first-order valence-electron chi connectivity index (χ1n) is 10.9. The van der Waals surface area contributed by atoms with Gasteiger partial charge in [0.1, 0.15) is 5.75 Å². The lowest BCUT2D eigenvalue weighted by atomic mass is 10.1. The van der Waals surface area contributed by atoms with Crippen LogP contribution in [-0.4, -0.2) is 16.7 Å². The molecule has 0 N–H and O–H groups in total. The molecule has 1 heterocycles. The summed E-state index contributed by atoms with van der Waals surface area (Å²) in [6.45, 7) is 0.582. The molecule has 0 aliphatic rings. The van der Waals surface area contributed by atoms with Crippen molar-refractivity contribution < 1.29 is 4.74 Å². The summed E-state index contributed by atoms with van der Waals surface area (Å²) in [7, 11) is 1.67. The van der Waals surface area contributed by atoms with Crippen LogP contribution in [0.25, 0.3) is 21.7 Å². The standard InChI is InChI=1S/C28H24N2O2S/c1-32-24-13-7-10-21(16-24)19-33-28-29-26-18-23-12-6-5-11-22(23)17-25(26)27(31)30(28)15-14-20-8-3-2-4-9-20/h2-13,16-18H,14-15,19H2,1H3. The van der Waals surface area contributed by atoms with E-state index in [9.17, 15) is 4.79 Å². The number of methoxy groups -OCH3 is 1. The van der Waals surface area contributed by atoms with Crippen LogP contribution in [0.5, 0.6) is 5.75 Å². The molecule has 0 aliphatic carbocycles. The average Bonchev–Trinajstić information content (AvgIpc) is 2.87. The van der Waals surface area contributed by atoms with Gasteiger partial charge in [-0.1, -0.05) is 78.5 Å². The summed E-state index contributed by atoms with van der Waals surface area (Å²) in [5.41, 5.74) is 3.08. The lowest BCUT2D eigenvalue weighted by molar-refractivity contribution is 0.414. The lowest BCUT2D eigenvalue weighted by Gasteiger charge is -2.14. The number of thioether (sulfide) groups is 1. The van der Waals surface area contributed by atoms with Crippen molar-refractivity contribution in [3.63, 3.8) is 0 Å². The van der Waals surface area contributed by atoms with Crippen LogP contribution < -0.4 is 10.3 Å². The molecule has 5 heteroatoms. The van der Waals surface area contributed by atoms with Gasteiger partial charge in [0.05, 0.1) is 18.0 Å². The van der Waals surface area contributed by atoms with Crippen LogP contribution in [0.4, 0.5) is 0 Å². The number of aromatic nitrogens is 2. The van der Waals surface area contributed by atoms with E-state index in [0.717, 1.165) is 39.2 Å². The monoisotopic (exact) mass is 452 g/mol. The van der Waals surface area contributed by atoms with Crippen molar-refractivity contribution in [3.05, 3.63) is 112 Å². The maximum absolute atomic E-state index is 13.6. The molecule has 0 saturated heterocycles. The second-order valence-corrected chi connectivity index (χ2v) is 8.89. The highest BCUT2D eigenvalue weighted by Gasteiger charge is 2.13. The predicted molar refractivity (Wildman–Crippen MR) is 136 cm³/mol. The molecule has 164 valence electrons. The molecule has 0 atom stereocenters. The normalized spacial score (nSPS) is 11.2. The van der Waals surface area contributed by atoms with Crippen LogP contribution in [0.1, 0.15) is 11.1 Å². The van der Waals surface area contributed by atoms with E-state index in [-0.39, 0.29) is 5.56 Å². The Morgan fingerprint density at radius 2 is 1.58 bits per heavy atom. The van der Waals surface area contributed by atoms with Crippen LogP contribution >= 0.6 is 11.8 Å². The molecule has 0 amide bonds. The number of nitrogens with zero attached hydrogens (tertiary/aromatic N) is 2. The minimum atomic E-state index is 0.00910. The van der Waals surface area contributed by atoms with E-state index in [1.54, 1.807) is 18.9 Å². The number of rotatable bonds is 7. The first kappa shape index (κ1) is 21.3. The fourth-order valence-corrected chi connectivity index (χ4v) is 4.96. The van der Waals surface area contributed by atoms with Crippen LogP contribution in [0.2, 0.25) is 0 Å². The van der Waals surface area contributed by atoms with E-state index in [0.29, 0.717) is 17.7 Å². The van der Waals surface area contributed by atoms with E-state index in [2.05, 4.69) is 24.3 Å². The van der Waals surface area contributed by atoms with Gasteiger partial charge >= 0.3 is 0 Å². The number of ether oxygens (including phenoxy) is 1. The Balaban J connectivity index is 1.55. The number of hydrogen-bond acceptors (Lipinski definition) is 4. The average molecular weight is 453 g/mol. The Bertz CT molecular complexity index is 1480.